The molecule has 9 nitrogen and oxygen atoms in total. The number of hydrogen-bond donors (Lipinski definition) is 2. The standard InChI is InChI=1S/C25H31FN8O/c1-3-33(4-2)19-9-7-17(8-10-19)30-23-14-20(29-16-5-6-16)24-28-15-21(34(24)32-23)25(35)31-18-11-12-27-22(26)13-18/h11-16,19,29H,3-10H2,1-2H3,(H,27,31,35). The number of nitrogens with zero attached hydrogens (tertiary/aromatic N) is 6. The van der Waals surface area contributed by atoms with Gasteiger partial charge in [0.15, 0.2) is 17.2 Å². The number of carbonyl (C=O) groups excluding carboxylic acids is 1. The van der Waals surface area contributed by atoms with Crippen molar-refractivity contribution in [3.8, 4) is 0 Å². The number of nitrogens with one attached hydrogen (secondary N) is 2. The molecular formula is C25H31FN8O. The van der Waals surface area contributed by atoms with Crippen LogP contribution < -0.4 is 10.6 Å². The van der Waals surface area contributed by atoms with Crippen LogP contribution in [0.15, 0.2) is 35.6 Å². The van der Waals surface area contributed by atoms with Gasteiger partial charge in [-0.05, 0) is 57.7 Å². The summed E-state index contributed by atoms with van der Waals surface area (Å²) >= 11 is 0. The number of anilines is 2. The van der Waals surface area contributed by atoms with Crippen molar-refractivity contribution >= 4 is 34.5 Å². The minimum atomic E-state index is -0.663. The largest absolute Gasteiger partial charge is 0.379 e. The maximum atomic E-state index is 13.5. The molecule has 3 aromatic heterocycles. The number of amides is 1. The van der Waals surface area contributed by atoms with Gasteiger partial charge in [0, 0.05) is 41.8 Å². The Kier molecular flexibility index (Phi) is 6.72. The lowest BCUT2D eigenvalue weighted by molar-refractivity contribution is 0.102. The molecule has 0 aromatic carbocycles. The number of pyridine rings is 1. The first kappa shape index (κ1) is 23.3. The summed E-state index contributed by atoms with van der Waals surface area (Å²) in [6, 6.07) is 5.63. The summed E-state index contributed by atoms with van der Waals surface area (Å²) in [5.41, 5.74) is 3.08. The second kappa shape index (κ2) is 10.1. The van der Waals surface area contributed by atoms with E-state index >= 15 is 0 Å². The van der Waals surface area contributed by atoms with Crippen molar-refractivity contribution in [2.45, 2.75) is 64.5 Å². The quantitative estimate of drug-likeness (QED) is 0.464. The summed E-state index contributed by atoms with van der Waals surface area (Å²) in [6.07, 6.45) is 9.07. The molecule has 1 amide bonds. The average Bonchev–Trinajstić information content (AvgIpc) is 3.56. The number of aromatic nitrogens is 4. The maximum Gasteiger partial charge on any atom is 0.276 e. The Morgan fingerprint density at radius 1 is 1.17 bits per heavy atom. The number of rotatable bonds is 8. The van der Waals surface area contributed by atoms with Crippen LogP contribution in [0.1, 0.15) is 62.9 Å². The zero-order valence-electron chi connectivity index (χ0n) is 20.2. The Hall–Kier alpha value is -3.40. The van der Waals surface area contributed by atoms with Crippen LogP contribution >= 0.6 is 0 Å². The first-order chi connectivity index (χ1) is 17.0. The van der Waals surface area contributed by atoms with Crippen LogP contribution in [0, 0.1) is 5.95 Å². The summed E-state index contributed by atoms with van der Waals surface area (Å²) in [6.45, 7) is 6.56. The van der Waals surface area contributed by atoms with E-state index in [0.717, 1.165) is 63.0 Å². The number of carbonyl (C=O) groups is 1. The molecule has 2 aliphatic carbocycles. The highest BCUT2D eigenvalue weighted by Crippen LogP contribution is 2.30. The molecule has 2 N–H and O–H groups in total. The van der Waals surface area contributed by atoms with Gasteiger partial charge in [0.1, 0.15) is 0 Å². The van der Waals surface area contributed by atoms with Gasteiger partial charge < -0.3 is 15.5 Å². The Labute approximate surface area is 203 Å². The Morgan fingerprint density at radius 3 is 2.63 bits per heavy atom. The van der Waals surface area contributed by atoms with Crippen LogP contribution in [0.2, 0.25) is 0 Å². The maximum absolute atomic E-state index is 13.5. The fourth-order valence-corrected chi connectivity index (χ4v) is 4.71. The highest BCUT2D eigenvalue weighted by Gasteiger charge is 2.25. The molecular weight excluding hydrogens is 447 g/mol. The van der Waals surface area contributed by atoms with Crippen molar-refractivity contribution in [3.05, 3.63) is 42.2 Å². The molecule has 3 heterocycles. The van der Waals surface area contributed by atoms with Crippen LogP contribution in [0.4, 0.5) is 21.6 Å². The zero-order valence-corrected chi connectivity index (χ0v) is 20.2. The molecule has 3 aromatic rings. The predicted molar refractivity (Wildman–Crippen MR) is 134 cm³/mol. The topological polar surface area (TPSA) is 99.8 Å². The molecule has 0 radical (unpaired) electrons. The summed E-state index contributed by atoms with van der Waals surface area (Å²) in [7, 11) is 0. The highest BCUT2D eigenvalue weighted by atomic mass is 19.1. The van der Waals surface area contributed by atoms with Crippen LogP contribution in [0.5, 0.6) is 0 Å². The van der Waals surface area contributed by atoms with Gasteiger partial charge in [0.25, 0.3) is 5.91 Å². The Balaban J connectivity index is 1.42. The van der Waals surface area contributed by atoms with Crippen molar-refractivity contribution in [1.82, 2.24) is 24.5 Å². The Bertz CT molecular complexity index is 1240. The Morgan fingerprint density at radius 2 is 1.94 bits per heavy atom. The van der Waals surface area contributed by atoms with Gasteiger partial charge >= 0.3 is 0 Å². The molecule has 184 valence electrons. The lowest BCUT2D eigenvalue weighted by atomic mass is 9.92. The number of halogens is 1. The minimum absolute atomic E-state index is 0.253. The van der Waals surface area contributed by atoms with Gasteiger partial charge in [0.05, 0.1) is 11.9 Å². The lowest BCUT2D eigenvalue weighted by Crippen LogP contribution is -2.37. The molecule has 2 saturated carbocycles. The van der Waals surface area contributed by atoms with Crippen molar-refractivity contribution in [3.63, 3.8) is 0 Å². The van der Waals surface area contributed by atoms with Crippen LogP contribution in [-0.2, 0) is 0 Å². The average molecular weight is 479 g/mol. The van der Waals surface area contributed by atoms with Gasteiger partial charge in [-0.3, -0.25) is 4.79 Å². The number of hydrogen-bond acceptors (Lipinski definition) is 7. The second-order valence-electron chi connectivity index (χ2n) is 9.17. The summed E-state index contributed by atoms with van der Waals surface area (Å²) < 4.78 is 15.0. The van der Waals surface area contributed by atoms with E-state index in [1.165, 1.54) is 29.0 Å². The number of imidazole rings is 1. The molecule has 0 aliphatic heterocycles. The van der Waals surface area contributed by atoms with E-state index in [-0.39, 0.29) is 5.69 Å². The molecule has 0 saturated heterocycles. The first-order valence-corrected chi connectivity index (χ1v) is 12.4. The summed E-state index contributed by atoms with van der Waals surface area (Å²) in [4.78, 5) is 28.4. The normalized spacial score (nSPS) is 18.2. The third-order valence-corrected chi connectivity index (χ3v) is 6.74. The van der Waals surface area contributed by atoms with E-state index in [2.05, 4.69) is 44.4 Å². The molecule has 2 aliphatic rings. The van der Waals surface area contributed by atoms with Crippen LogP contribution in [0.25, 0.3) is 5.65 Å². The van der Waals surface area contributed by atoms with E-state index in [0.29, 0.717) is 29.2 Å². The highest BCUT2D eigenvalue weighted by molar-refractivity contribution is 6.03. The third kappa shape index (κ3) is 5.32. The van der Waals surface area contributed by atoms with Crippen molar-refractivity contribution < 1.29 is 9.18 Å². The zero-order chi connectivity index (χ0) is 24.4. The second-order valence-corrected chi connectivity index (χ2v) is 9.17. The molecule has 0 bridgehead atoms. The van der Waals surface area contributed by atoms with E-state index < -0.39 is 11.9 Å². The van der Waals surface area contributed by atoms with Gasteiger partial charge in [-0.25, -0.2) is 19.5 Å². The third-order valence-electron chi connectivity index (χ3n) is 6.74. The van der Waals surface area contributed by atoms with E-state index in [9.17, 15) is 9.18 Å². The monoisotopic (exact) mass is 478 g/mol. The van der Waals surface area contributed by atoms with E-state index in [1.807, 2.05) is 6.07 Å². The molecule has 0 spiro atoms. The van der Waals surface area contributed by atoms with E-state index in [1.54, 1.807) is 0 Å². The first-order valence-electron chi connectivity index (χ1n) is 12.4. The number of fused-ring (bicyclic) bond motifs is 1. The van der Waals surface area contributed by atoms with Gasteiger partial charge in [-0.15, -0.1) is 5.10 Å². The molecule has 0 atom stereocenters. The lowest BCUT2D eigenvalue weighted by Gasteiger charge is -2.33. The number of aliphatic imine (C=N–C) groups is 1. The van der Waals surface area contributed by atoms with Gasteiger partial charge in [0.2, 0.25) is 5.95 Å². The minimum Gasteiger partial charge on any atom is -0.379 e. The predicted octanol–water partition coefficient (Wildman–Crippen LogP) is 4.45. The van der Waals surface area contributed by atoms with E-state index in [4.69, 9.17) is 4.99 Å². The van der Waals surface area contributed by atoms with Crippen LogP contribution in [0.3, 0.4) is 0 Å². The summed E-state index contributed by atoms with van der Waals surface area (Å²) in [5.74, 6) is -0.541. The SMILES string of the molecule is CCN(CC)C1CCC(=Nc2cc(NC3CC3)c3ncc(C(=O)Nc4ccnc(F)c4)n3n2)CC1. The van der Waals surface area contributed by atoms with Crippen LogP contribution in [-0.4, -0.2) is 61.3 Å². The smallest absolute Gasteiger partial charge is 0.276 e. The van der Waals surface area contributed by atoms with Crippen molar-refractivity contribution in [2.24, 2.45) is 4.99 Å². The molecule has 2 fully saturated rings. The molecule has 10 heteroatoms. The van der Waals surface area contributed by atoms with Crippen molar-refractivity contribution in [2.75, 3.05) is 23.7 Å². The van der Waals surface area contributed by atoms with Crippen molar-refractivity contribution in [1.29, 1.82) is 0 Å². The molecule has 35 heavy (non-hydrogen) atoms. The fraction of sp³-hybridized carbons (Fsp3) is 0.480. The van der Waals surface area contributed by atoms with Gasteiger partial charge in [-0.1, -0.05) is 13.8 Å². The molecule has 0 unspecified atom stereocenters. The fourth-order valence-electron chi connectivity index (χ4n) is 4.71. The van der Waals surface area contributed by atoms with Gasteiger partial charge in [-0.2, -0.15) is 4.39 Å². The summed E-state index contributed by atoms with van der Waals surface area (Å²) in [5, 5.41) is 10.8. The molecule has 5 rings (SSSR count).